The summed E-state index contributed by atoms with van der Waals surface area (Å²) in [6.07, 6.45) is 14.3. The predicted molar refractivity (Wildman–Crippen MR) is 90.8 cm³/mol. The van der Waals surface area contributed by atoms with E-state index >= 15 is 0 Å². The molecule has 1 saturated carbocycles. The maximum absolute atomic E-state index is 6.25. The molecule has 1 aromatic rings. The lowest BCUT2D eigenvalue weighted by Gasteiger charge is -2.34. The molecule has 21 heavy (non-hydrogen) atoms. The Morgan fingerprint density at radius 1 is 1.33 bits per heavy atom. The molecule has 1 unspecified atom stereocenters. The van der Waals surface area contributed by atoms with E-state index in [9.17, 15) is 0 Å². The van der Waals surface area contributed by atoms with Gasteiger partial charge in [-0.2, -0.15) is 0 Å². The topological polar surface area (TPSA) is 24.9 Å². The molecule has 0 aromatic carbocycles. The first-order chi connectivity index (χ1) is 10.2. The second-order valence-electron chi connectivity index (χ2n) is 6.49. The highest BCUT2D eigenvalue weighted by Gasteiger charge is 2.27. The van der Waals surface area contributed by atoms with Gasteiger partial charge in [0.1, 0.15) is 0 Å². The minimum absolute atomic E-state index is 0.539. The van der Waals surface area contributed by atoms with Crippen LogP contribution in [-0.4, -0.2) is 18.1 Å². The van der Waals surface area contributed by atoms with Crippen LogP contribution in [0.4, 0.5) is 0 Å². The summed E-state index contributed by atoms with van der Waals surface area (Å²) in [5.41, 5.74) is 1.22. The Labute approximate surface area is 134 Å². The molecule has 1 fully saturated rings. The molecule has 2 nitrogen and oxygen atoms in total. The standard InChI is InChI=1S/C18H29ClN2/c1-3-4-5-14-6-8-15(9-7-14)18(20-2)12-16-10-11-21-13-17(16)19/h10-11,13-15,18,20H,3-9,12H2,1-2H3. The normalized spacial score (nSPS) is 24.0. The van der Waals surface area contributed by atoms with E-state index in [1.165, 1.54) is 50.5 Å². The molecule has 0 aliphatic heterocycles. The van der Waals surface area contributed by atoms with Crippen LogP contribution in [-0.2, 0) is 6.42 Å². The van der Waals surface area contributed by atoms with E-state index in [1.807, 2.05) is 6.20 Å². The number of unbranched alkanes of at least 4 members (excludes halogenated alkanes) is 1. The Morgan fingerprint density at radius 2 is 2.10 bits per heavy atom. The Kier molecular flexibility index (Phi) is 6.98. The van der Waals surface area contributed by atoms with Gasteiger partial charge in [0.15, 0.2) is 0 Å². The van der Waals surface area contributed by atoms with Crippen LogP contribution in [0.5, 0.6) is 0 Å². The average molecular weight is 309 g/mol. The second-order valence-corrected chi connectivity index (χ2v) is 6.90. The second kappa shape index (κ2) is 8.75. The Morgan fingerprint density at radius 3 is 2.71 bits per heavy atom. The summed E-state index contributed by atoms with van der Waals surface area (Å²) in [5.74, 6) is 1.76. The number of nitrogens with one attached hydrogen (secondary N) is 1. The van der Waals surface area contributed by atoms with Crippen molar-refractivity contribution < 1.29 is 0 Å². The number of likely N-dealkylation sites (N-methyl/N-ethyl adjacent to an activating group) is 1. The zero-order valence-corrected chi connectivity index (χ0v) is 14.2. The lowest BCUT2D eigenvalue weighted by Crippen LogP contribution is -2.37. The van der Waals surface area contributed by atoms with Crippen molar-refractivity contribution in [2.24, 2.45) is 11.8 Å². The molecule has 3 heteroatoms. The van der Waals surface area contributed by atoms with E-state index in [1.54, 1.807) is 6.20 Å². The summed E-state index contributed by atoms with van der Waals surface area (Å²) in [6.45, 7) is 2.29. The maximum atomic E-state index is 6.25. The van der Waals surface area contributed by atoms with E-state index in [2.05, 4.69) is 30.3 Å². The van der Waals surface area contributed by atoms with Crippen LogP contribution in [0.3, 0.4) is 0 Å². The van der Waals surface area contributed by atoms with E-state index in [4.69, 9.17) is 11.6 Å². The van der Waals surface area contributed by atoms with E-state index in [0.29, 0.717) is 6.04 Å². The van der Waals surface area contributed by atoms with Gasteiger partial charge < -0.3 is 5.32 Å². The molecule has 118 valence electrons. The smallest absolute Gasteiger partial charge is 0.0621 e. The fourth-order valence-electron chi connectivity index (χ4n) is 3.68. The molecule has 0 spiro atoms. The van der Waals surface area contributed by atoms with Crippen LogP contribution >= 0.6 is 11.6 Å². The lowest BCUT2D eigenvalue weighted by atomic mass is 9.75. The van der Waals surface area contributed by atoms with Gasteiger partial charge in [-0.25, -0.2) is 0 Å². The zero-order chi connectivity index (χ0) is 15.1. The number of aromatic nitrogens is 1. The van der Waals surface area contributed by atoms with E-state index < -0.39 is 0 Å². The summed E-state index contributed by atoms with van der Waals surface area (Å²) in [7, 11) is 2.09. The predicted octanol–water partition coefficient (Wildman–Crippen LogP) is 4.86. The minimum atomic E-state index is 0.539. The molecule has 1 aromatic heterocycles. The van der Waals surface area contributed by atoms with E-state index in [-0.39, 0.29) is 0 Å². The van der Waals surface area contributed by atoms with Crippen molar-refractivity contribution in [2.45, 2.75) is 64.3 Å². The van der Waals surface area contributed by atoms with Gasteiger partial charge >= 0.3 is 0 Å². The molecule has 2 rings (SSSR count). The van der Waals surface area contributed by atoms with Crippen LogP contribution in [0.2, 0.25) is 5.02 Å². The summed E-state index contributed by atoms with van der Waals surface area (Å²) in [5, 5.41) is 4.33. The minimum Gasteiger partial charge on any atom is -0.316 e. The largest absolute Gasteiger partial charge is 0.316 e. The molecule has 1 heterocycles. The first-order valence-electron chi connectivity index (χ1n) is 8.50. The third-order valence-electron chi connectivity index (χ3n) is 5.09. The Balaban J connectivity index is 1.86. The van der Waals surface area contributed by atoms with Gasteiger partial charge in [0, 0.05) is 18.4 Å². The van der Waals surface area contributed by atoms with Crippen molar-refractivity contribution in [1.82, 2.24) is 10.3 Å². The third-order valence-corrected chi connectivity index (χ3v) is 5.43. The SMILES string of the molecule is CCCCC1CCC(C(Cc2ccncc2Cl)NC)CC1. The van der Waals surface area contributed by atoms with Gasteiger partial charge in [-0.15, -0.1) is 0 Å². The van der Waals surface area contributed by atoms with Crippen molar-refractivity contribution in [1.29, 1.82) is 0 Å². The average Bonchev–Trinajstić information content (AvgIpc) is 2.53. The molecule has 1 aliphatic carbocycles. The van der Waals surface area contributed by atoms with Crippen molar-refractivity contribution >= 4 is 11.6 Å². The van der Waals surface area contributed by atoms with Gasteiger partial charge in [-0.3, -0.25) is 4.98 Å². The summed E-state index contributed by atoms with van der Waals surface area (Å²) < 4.78 is 0. The fraction of sp³-hybridized carbons (Fsp3) is 0.722. The number of hydrogen-bond donors (Lipinski definition) is 1. The van der Waals surface area contributed by atoms with Crippen molar-refractivity contribution in [3.63, 3.8) is 0 Å². The molecule has 1 N–H and O–H groups in total. The van der Waals surface area contributed by atoms with E-state index in [0.717, 1.165) is 23.3 Å². The molecule has 1 aliphatic rings. The summed E-state index contributed by atoms with van der Waals surface area (Å²) in [4.78, 5) is 4.08. The van der Waals surface area contributed by atoms with Gasteiger partial charge in [-0.05, 0) is 49.8 Å². The number of rotatable bonds is 7. The molecule has 0 saturated heterocycles. The van der Waals surface area contributed by atoms with Gasteiger partial charge in [0.25, 0.3) is 0 Å². The number of pyridine rings is 1. The van der Waals surface area contributed by atoms with Crippen LogP contribution in [0.1, 0.15) is 57.4 Å². The quantitative estimate of drug-likeness (QED) is 0.778. The highest BCUT2D eigenvalue weighted by Crippen LogP contribution is 2.34. The monoisotopic (exact) mass is 308 g/mol. The molecular formula is C18H29ClN2. The first-order valence-corrected chi connectivity index (χ1v) is 8.88. The van der Waals surface area contributed by atoms with Crippen LogP contribution in [0.15, 0.2) is 18.5 Å². The third kappa shape index (κ3) is 4.96. The summed E-state index contributed by atoms with van der Waals surface area (Å²) >= 11 is 6.25. The van der Waals surface area contributed by atoms with Gasteiger partial charge in [0.2, 0.25) is 0 Å². The molecular weight excluding hydrogens is 280 g/mol. The van der Waals surface area contributed by atoms with Crippen molar-refractivity contribution in [3.8, 4) is 0 Å². The Hall–Kier alpha value is -0.600. The zero-order valence-electron chi connectivity index (χ0n) is 13.4. The number of hydrogen-bond acceptors (Lipinski definition) is 2. The van der Waals surface area contributed by atoms with Gasteiger partial charge in [-0.1, -0.05) is 50.6 Å². The molecule has 0 radical (unpaired) electrons. The fourth-order valence-corrected chi connectivity index (χ4v) is 3.88. The summed E-state index contributed by atoms with van der Waals surface area (Å²) in [6, 6.07) is 2.59. The van der Waals surface area contributed by atoms with Crippen molar-refractivity contribution in [2.75, 3.05) is 7.05 Å². The van der Waals surface area contributed by atoms with Crippen molar-refractivity contribution in [3.05, 3.63) is 29.0 Å². The maximum Gasteiger partial charge on any atom is 0.0621 e. The van der Waals surface area contributed by atoms with Crippen LogP contribution in [0, 0.1) is 11.8 Å². The lowest BCUT2D eigenvalue weighted by molar-refractivity contribution is 0.216. The first kappa shape index (κ1) is 16.8. The van der Waals surface area contributed by atoms with Crippen LogP contribution in [0.25, 0.3) is 0 Å². The highest BCUT2D eigenvalue weighted by atomic mass is 35.5. The van der Waals surface area contributed by atoms with Crippen LogP contribution < -0.4 is 5.32 Å². The van der Waals surface area contributed by atoms with Gasteiger partial charge in [0.05, 0.1) is 5.02 Å². The highest BCUT2D eigenvalue weighted by molar-refractivity contribution is 6.31. The molecule has 1 atom stereocenters. The number of nitrogens with zero attached hydrogens (tertiary/aromatic N) is 1. The molecule has 0 amide bonds. The molecule has 0 bridgehead atoms. The number of halogens is 1. The Bertz CT molecular complexity index is 413.